The number of esters is 1. The average molecular weight is 300 g/mol. The maximum absolute atomic E-state index is 11.7. The number of nitrogens with zero attached hydrogens (tertiary/aromatic N) is 1. The van der Waals surface area contributed by atoms with E-state index in [2.05, 4.69) is 23.0 Å². The lowest BCUT2D eigenvalue weighted by atomic mass is 10.1. The van der Waals surface area contributed by atoms with Crippen LogP contribution in [0.2, 0.25) is 0 Å². The van der Waals surface area contributed by atoms with Gasteiger partial charge in [-0.1, -0.05) is 19.1 Å². The third-order valence-electron chi connectivity index (χ3n) is 4.34. The van der Waals surface area contributed by atoms with Gasteiger partial charge in [-0.05, 0) is 44.4 Å². The van der Waals surface area contributed by atoms with E-state index in [9.17, 15) is 4.79 Å². The lowest BCUT2D eigenvalue weighted by Crippen LogP contribution is -2.23. The lowest BCUT2D eigenvalue weighted by Gasteiger charge is -2.14. The van der Waals surface area contributed by atoms with Crippen molar-refractivity contribution >= 4 is 16.9 Å². The number of benzene rings is 1. The number of carbonyl (C=O) groups excluding carboxylic acids is 1. The third-order valence-corrected chi connectivity index (χ3v) is 4.34. The van der Waals surface area contributed by atoms with Gasteiger partial charge in [-0.2, -0.15) is 0 Å². The molecule has 0 saturated heterocycles. The van der Waals surface area contributed by atoms with Gasteiger partial charge in [-0.3, -0.25) is 4.79 Å². The molecule has 3 rings (SSSR count). The van der Waals surface area contributed by atoms with E-state index in [0.29, 0.717) is 12.2 Å². The van der Waals surface area contributed by atoms with E-state index >= 15 is 0 Å². The highest BCUT2D eigenvalue weighted by atomic mass is 16.5. The molecule has 1 aliphatic carbocycles. The van der Waals surface area contributed by atoms with Crippen molar-refractivity contribution in [3.63, 3.8) is 0 Å². The molecule has 22 heavy (non-hydrogen) atoms. The smallest absolute Gasteiger partial charge is 0.311 e. The fourth-order valence-corrected chi connectivity index (χ4v) is 2.85. The normalized spacial score (nSPS) is 14.7. The Bertz CT molecular complexity index is 658. The van der Waals surface area contributed by atoms with E-state index in [1.807, 2.05) is 25.3 Å². The summed E-state index contributed by atoms with van der Waals surface area (Å²) in [7, 11) is 2.20. The fraction of sp³-hybridized carbons (Fsp3) is 0.500. The Morgan fingerprint density at radius 3 is 2.95 bits per heavy atom. The predicted octanol–water partition coefficient (Wildman–Crippen LogP) is 3.51. The van der Waals surface area contributed by atoms with Crippen LogP contribution < -0.4 is 4.74 Å². The monoisotopic (exact) mass is 300 g/mol. The van der Waals surface area contributed by atoms with Crippen LogP contribution >= 0.6 is 0 Å². The Labute approximate surface area is 131 Å². The Morgan fingerprint density at radius 1 is 1.41 bits per heavy atom. The molecule has 118 valence electrons. The summed E-state index contributed by atoms with van der Waals surface area (Å²) in [5.41, 5.74) is 2.21. The molecule has 0 spiro atoms. The zero-order valence-corrected chi connectivity index (χ0v) is 13.4. The van der Waals surface area contributed by atoms with Crippen molar-refractivity contribution in [2.75, 3.05) is 13.6 Å². The quantitative estimate of drug-likeness (QED) is 0.628. The van der Waals surface area contributed by atoms with Gasteiger partial charge in [0.25, 0.3) is 0 Å². The maximum Gasteiger partial charge on any atom is 0.311 e. The molecule has 1 fully saturated rings. The maximum atomic E-state index is 11.7. The second-order valence-electron chi connectivity index (χ2n) is 6.18. The first kappa shape index (κ1) is 15.1. The van der Waals surface area contributed by atoms with Crippen LogP contribution in [0.25, 0.3) is 10.9 Å². The van der Waals surface area contributed by atoms with Crippen LogP contribution in [-0.2, 0) is 11.2 Å². The summed E-state index contributed by atoms with van der Waals surface area (Å²) >= 11 is 0. The molecule has 0 atom stereocenters. The van der Waals surface area contributed by atoms with Crippen LogP contribution in [0.5, 0.6) is 5.75 Å². The molecule has 1 saturated carbocycles. The number of fused-ring (bicyclic) bond motifs is 1. The van der Waals surface area contributed by atoms with E-state index in [-0.39, 0.29) is 5.97 Å². The van der Waals surface area contributed by atoms with Gasteiger partial charge >= 0.3 is 5.97 Å². The van der Waals surface area contributed by atoms with Crippen molar-refractivity contribution in [1.82, 2.24) is 9.88 Å². The van der Waals surface area contributed by atoms with Gasteiger partial charge in [0.2, 0.25) is 0 Å². The zero-order valence-electron chi connectivity index (χ0n) is 13.4. The molecule has 2 aromatic rings. The van der Waals surface area contributed by atoms with E-state index in [4.69, 9.17) is 4.74 Å². The summed E-state index contributed by atoms with van der Waals surface area (Å²) in [6.45, 7) is 3.04. The van der Waals surface area contributed by atoms with Crippen molar-refractivity contribution in [1.29, 1.82) is 0 Å². The zero-order chi connectivity index (χ0) is 15.5. The topological polar surface area (TPSA) is 45.3 Å². The second-order valence-corrected chi connectivity index (χ2v) is 6.18. The molecular formula is C18H24N2O2. The molecule has 1 heterocycles. The van der Waals surface area contributed by atoms with Crippen LogP contribution in [0.1, 0.15) is 38.2 Å². The van der Waals surface area contributed by atoms with Crippen molar-refractivity contribution in [3.05, 3.63) is 30.0 Å². The number of hydrogen-bond donors (Lipinski definition) is 1. The molecule has 0 amide bonds. The highest BCUT2D eigenvalue weighted by molar-refractivity contribution is 5.90. The minimum absolute atomic E-state index is 0.167. The first-order chi connectivity index (χ1) is 10.7. The standard InChI is InChI=1S/C18H24N2O2/c1-3-5-17(21)22-16-7-4-6-15-13(12-19-18(15)16)10-11-20(2)14-8-9-14/h4,6-7,12,14,19H,3,5,8-11H2,1-2H3. The number of aromatic nitrogens is 1. The van der Waals surface area contributed by atoms with Gasteiger partial charge in [0.05, 0.1) is 5.52 Å². The molecule has 1 aromatic heterocycles. The molecular weight excluding hydrogens is 276 g/mol. The molecule has 1 aromatic carbocycles. The first-order valence-electron chi connectivity index (χ1n) is 8.19. The van der Waals surface area contributed by atoms with E-state index in [1.54, 1.807) is 0 Å². The second kappa shape index (κ2) is 6.53. The lowest BCUT2D eigenvalue weighted by molar-refractivity contribution is -0.134. The number of hydrogen-bond acceptors (Lipinski definition) is 3. The highest BCUT2D eigenvalue weighted by Gasteiger charge is 2.25. The van der Waals surface area contributed by atoms with Gasteiger partial charge < -0.3 is 14.6 Å². The summed E-state index contributed by atoms with van der Waals surface area (Å²) in [5, 5.41) is 1.16. The average Bonchev–Trinajstić information content (AvgIpc) is 3.26. The molecule has 0 bridgehead atoms. The SMILES string of the molecule is CCCC(=O)Oc1cccc2c(CCN(C)C3CC3)c[nH]c12. The summed E-state index contributed by atoms with van der Waals surface area (Å²) in [6, 6.07) is 6.69. The van der Waals surface area contributed by atoms with Gasteiger partial charge in [-0.15, -0.1) is 0 Å². The number of rotatable bonds is 7. The minimum atomic E-state index is -0.167. The van der Waals surface area contributed by atoms with E-state index in [0.717, 1.165) is 36.3 Å². The number of carbonyl (C=O) groups is 1. The molecule has 1 N–H and O–H groups in total. The summed E-state index contributed by atoms with van der Waals surface area (Å²) < 4.78 is 5.47. The minimum Gasteiger partial charge on any atom is -0.424 e. The van der Waals surface area contributed by atoms with Crippen molar-refractivity contribution in [3.8, 4) is 5.75 Å². The summed E-state index contributed by atoms with van der Waals surface area (Å²) in [6.07, 6.45) is 6.99. The molecule has 4 nitrogen and oxygen atoms in total. The van der Waals surface area contributed by atoms with Crippen molar-refractivity contribution < 1.29 is 9.53 Å². The number of H-pyrrole nitrogens is 1. The predicted molar refractivity (Wildman–Crippen MR) is 88.2 cm³/mol. The number of para-hydroxylation sites is 1. The van der Waals surface area contributed by atoms with Crippen LogP contribution in [-0.4, -0.2) is 35.5 Å². The van der Waals surface area contributed by atoms with Crippen LogP contribution in [0.15, 0.2) is 24.4 Å². The molecule has 4 heteroatoms. The van der Waals surface area contributed by atoms with Crippen molar-refractivity contribution in [2.24, 2.45) is 0 Å². The van der Waals surface area contributed by atoms with Gasteiger partial charge in [0.1, 0.15) is 0 Å². The Balaban J connectivity index is 1.74. The van der Waals surface area contributed by atoms with Gasteiger partial charge in [0, 0.05) is 30.6 Å². The Morgan fingerprint density at radius 2 is 2.23 bits per heavy atom. The van der Waals surface area contributed by atoms with Crippen LogP contribution in [0.3, 0.4) is 0 Å². The fourth-order valence-electron chi connectivity index (χ4n) is 2.85. The number of aromatic amines is 1. The van der Waals surface area contributed by atoms with Gasteiger partial charge in [-0.25, -0.2) is 0 Å². The van der Waals surface area contributed by atoms with E-state index < -0.39 is 0 Å². The molecule has 1 aliphatic rings. The summed E-state index contributed by atoms with van der Waals surface area (Å²) in [5.74, 6) is 0.470. The van der Waals surface area contributed by atoms with E-state index in [1.165, 1.54) is 18.4 Å². The molecule has 0 radical (unpaired) electrons. The van der Waals surface area contributed by atoms with Crippen LogP contribution in [0.4, 0.5) is 0 Å². The Kier molecular flexibility index (Phi) is 4.48. The first-order valence-corrected chi connectivity index (χ1v) is 8.19. The summed E-state index contributed by atoms with van der Waals surface area (Å²) in [4.78, 5) is 17.4. The number of nitrogens with one attached hydrogen (secondary N) is 1. The molecule has 0 unspecified atom stereocenters. The third kappa shape index (κ3) is 3.33. The Hall–Kier alpha value is -1.81. The van der Waals surface area contributed by atoms with Gasteiger partial charge in [0.15, 0.2) is 5.75 Å². The van der Waals surface area contributed by atoms with Crippen LogP contribution in [0, 0.1) is 0 Å². The number of ether oxygens (including phenoxy) is 1. The molecule has 0 aliphatic heterocycles. The van der Waals surface area contributed by atoms with Crippen molar-refractivity contribution in [2.45, 2.75) is 45.1 Å². The highest BCUT2D eigenvalue weighted by Crippen LogP contribution is 2.29. The largest absolute Gasteiger partial charge is 0.424 e. The number of likely N-dealkylation sites (N-methyl/N-ethyl adjacent to an activating group) is 1.